The Balaban J connectivity index is 0.851. The largest absolute Gasteiger partial charge is 0.309 e. The molecular formula is C90H59N5. The van der Waals surface area contributed by atoms with Gasteiger partial charge < -0.3 is 13.7 Å². The number of aromatic nitrogens is 5. The van der Waals surface area contributed by atoms with E-state index in [1.807, 2.05) is 0 Å². The Morgan fingerprint density at radius 2 is 0.463 bits per heavy atom. The summed E-state index contributed by atoms with van der Waals surface area (Å²) in [6, 6.07) is 122. The average molecular weight is 1210 g/mol. The maximum atomic E-state index is 5.57. The van der Waals surface area contributed by atoms with E-state index in [1.54, 1.807) is 0 Å². The van der Waals surface area contributed by atoms with E-state index < -0.39 is 0 Å². The maximum absolute atomic E-state index is 5.57. The molecule has 0 saturated carbocycles. The molecule has 1 aliphatic rings. The summed E-state index contributed by atoms with van der Waals surface area (Å²) in [5, 5.41) is 7.53. The van der Waals surface area contributed by atoms with E-state index in [2.05, 4.69) is 347 Å². The lowest BCUT2D eigenvalue weighted by Crippen LogP contribution is -2.01. The predicted molar refractivity (Wildman–Crippen MR) is 396 cm³/mol. The standard InChI is InChI=1S/C90H59N5/c1-6-24-58(25-7-1)68-52-79(60-28-10-3-11-29-60)91-81(54-68)70-46-64(48-73(50-70)94-83-38-20-16-34-75(83)76-35-17-21-39-84(76)94)66-44-62-42-43-63-45-67(57-88-90(63)89(62)87(56-66)93(88)72-32-14-5-15-33-72)65-47-71(51-74(49-65)95-85-40-22-18-36-77(85)78-37-19-23-41-86(78)95)82-55-69(59-26-8-2-9-27-59)53-80(92-82)61-30-12-4-13-31-61/h1-41,44-57H,42-43H2. The molecule has 13 aromatic carbocycles. The molecule has 0 unspecified atom stereocenters. The molecule has 5 heterocycles. The minimum atomic E-state index is 0.889. The average Bonchev–Trinajstić information content (AvgIpc) is 1.57. The second-order valence-electron chi connectivity index (χ2n) is 25.2. The van der Waals surface area contributed by atoms with Gasteiger partial charge in [0.15, 0.2) is 0 Å². The van der Waals surface area contributed by atoms with Crippen molar-refractivity contribution >= 4 is 65.4 Å². The van der Waals surface area contributed by atoms with Gasteiger partial charge in [0, 0.05) is 71.6 Å². The Labute approximate surface area is 550 Å². The number of pyridine rings is 2. The summed E-state index contributed by atoms with van der Waals surface area (Å²) in [5.41, 5.74) is 30.0. The monoisotopic (exact) mass is 1210 g/mol. The predicted octanol–water partition coefficient (Wildman–Crippen LogP) is 23.2. The highest BCUT2D eigenvalue weighted by Crippen LogP contribution is 2.47. The van der Waals surface area contributed by atoms with Gasteiger partial charge in [-0.15, -0.1) is 0 Å². The summed E-state index contributed by atoms with van der Waals surface area (Å²) in [6.45, 7) is 0. The Hall–Kier alpha value is -12.4. The van der Waals surface area contributed by atoms with Crippen molar-refractivity contribution in [2.45, 2.75) is 12.8 Å². The normalized spacial score (nSPS) is 12.1. The fraction of sp³-hybridized carbons (Fsp3) is 0.0222. The molecule has 444 valence electrons. The van der Waals surface area contributed by atoms with Crippen LogP contribution in [0.3, 0.4) is 0 Å². The van der Waals surface area contributed by atoms with Gasteiger partial charge in [-0.2, -0.15) is 0 Å². The van der Waals surface area contributed by atoms with Crippen molar-refractivity contribution < 1.29 is 0 Å². The molecule has 19 rings (SSSR count). The number of rotatable bonds is 11. The van der Waals surface area contributed by atoms with Crippen molar-refractivity contribution in [2.24, 2.45) is 0 Å². The van der Waals surface area contributed by atoms with Gasteiger partial charge in [-0.1, -0.05) is 224 Å². The molecule has 0 radical (unpaired) electrons. The molecule has 95 heavy (non-hydrogen) atoms. The van der Waals surface area contributed by atoms with Gasteiger partial charge >= 0.3 is 0 Å². The highest BCUT2D eigenvalue weighted by molar-refractivity contribution is 6.16. The Bertz CT molecular complexity index is 5490. The molecule has 0 amide bonds. The van der Waals surface area contributed by atoms with Crippen molar-refractivity contribution in [1.82, 2.24) is 23.7 Å². The molecule has 0 saturated heterocycles. The zero-order valence-electron chi connectivity index (χ0n) is 51.9. The van der Waals surface area contributed by atoms with Crippen molar-refractivity contribution in [3.05, 3.63) is 345 Å². The van der Waals surface area contributed by atoms with Gasteiger partial charge in [0.2, 0.25) is 0 Å². The number of hydrogen-bond donors (Lipinski definition) is 0. The summed E-state index contributed by atoms with van der Waals surface area (Å²) in [5.74, 6) is 0. The molecule has 1 aliphatic carbocycles. The van der Waals surface area contributed by atoms with E-state index in [0.717, 1.165) is 142 Å². The molecule has 5 nitrogen and oxygen atoms in total. The third kappa shape index (κ3) is 9.23. The first-order valence-corrected chi connectivity index (χ1v) is 32.8. The minimum absolute atomic E-state index is 0.889. The van der Waals surface area contributed by atoms with Crippen LogP contribution in [-0.2, 0) is 12.8 Å². The third-order valence-corrected chi connectivity index (χ3v) is 19.6. The van der Waals surface area contributed by atoms with E-state index in [-0.39, 0.29) is 0 Å². The second-order valence-corrected chi connectivity index (χ2v) is 25.2. The Morgan fingerprint density at radius 3 is 0.832 bits per heavy atom. The quantitative estimate of drug-likeness (QED) is 0.129. The number of para-hydroxylation sites is 5. The fourth-order valence-electron chi connectivity index (χ4n) is 15.3. The number of fused-ring (bicyclic) bond motifs is 6. The Kier molecular flexibility index (Phi) is 12.7. The topological polar surface area (TPSA) is 40.6 Å². The van der Waals surface area contributed by atoms with E-state index in [0.29, 0.717) is 0 Å². The van der Waals surface area contributed by atoms with Gasteiger partial charge in [0.05, 0.1) is 55.9 Å². The van der Waals surface area contributed by atoms with E-state index in [9.17, 15) is 0 Å². The van der Waals surface area contributed by atoms with Crippen LogP contribution in [0.1, 0.15) is 11.1 Å². The van der Waals surface area contributed by atoms with Crippen LogP contribution < -0.4 is 0 Å². The van der Waals surface area contributed by atoms with Crippen LogP contribution in [0.2, 0.25) is 0 Å². The molecule has 18 aromatic rings. The summed E-state index contributed by atoms with van der Waals surface area (Å²) in [6.07, 6.45) is 1.78. The summed E-state index contributed by atoms with van der Waals surface area (Å²) >= 11 is 0. The first-order chi connectivity index (χ1) is 47.1. The van der Waals surface area contributed by atoms with Crippen LogP contribution in [0.5, 0.6) is 0 Å². The summed E-state index contributed by atoms with van der Waals surface area (Å²) in [7, 11) is 0. The van der Waals surface area contributed by atoms with Gasteiger partial charge in [-0.25, -0.2) is 9.97 Å². The summed E-state index contributed by atoms with van der Waals surface area (Å²) in [4.78, 5) is 11.1. The molecule has 0 aliphatic heterocycles. The zero-order chi connectivity index (χ0) is 62.5. The van der Waals surface area contributed by atoms with Crippen LogP contribution in [0, 0.1) is 0 Å². The number of nitrogens with zero attached hydrogens (tertiary/aromatic N) is 5. The smallest absolute Gasteiger partial charge is 0.0716 e. The first kappa shape index (κ1) is 54.3. The summed E-state index contributed by atoms with van der Waals surface area (Å²) < 4.78 is 7.45. The Morgan fingerprint density at radius 1 is 0.189 bits per heavy atom. The lowest BCUT2D eigenvalue weighted by molar-refractivity contribution is 0.970. The molecule has 0 atom stereocenters. The zero-order valence-corrected chi connectivity index (χ0v) is 51.9. The first-order valence-electron chi connectivity index (χ1n) is 32.8. The molecular weight excluding hydrogens is 1150 g/mol. The van der Waals surface area contributed by atoms with Gasteiger partial charge in [-0.3, -0.25) is 0 Å². The van der Waals surface area contributed by atoms with E-state index in [4.69, 9.17) is 9.97 Å². The van der Waals surface area contributed by atoms with Crippen LogP contribution >= 0.6 is 0 Å². The lowest BCUT2D eigenvalue weighted by Gasteiger charge is -2.18. The van der Waals surface area contributed by atoms with Crippen molar-refractivity contribution in [3.8, 4) is 107 Å². The lowest BCUT2D eigenvalue weighted by atomic mass is 9.86. The maximum Gasteiger partial charge on any atom is 0.0716 e. The van der Waals surface area contributed by atoms with Gasteiger partial charge in [0.1, 0.15) is 0 Å². The van der Waals surface area contributed by atoms with Crippen molar-refractivity contribution in [2.75, 3.05) is 0 Å². The molecule has 0 bridgehead atoms. The van der Waals surface area contributed by atoms with Gasteiger partial charge in [-0.05, 0) is 178 Å². The SMILES string of the molecule is c1ccc(-c2cc(-c3ccccc3)nc(-c3cc(-c4cc5c6c7c(cc(-c8cc(-c9cc(-c%10ccccc%10)cc(-c%10ccccc%10)n9)cc(-n9c%10ccccc%10c%10ccccc%109)c8)cc7n(-c7ccccc7)c6c4)CC5)cc(-n4c5ccccc5c5ccccc54)c3)c2)cc1. The van der Waals surface area contributed by atoms with Crippen molar-refractivity contribution in [1.29, 1.82) is 0 Å². The highest BCUT2D eigenvalue weighted by atomic mass is 15.0. The minimum Gasteiger partial charge on any atom is -0.309 e. The van der Waals surface area contributed by atoms with Crippen molar-refractivity contribution in [3.63, 3.8) is 0 Å². The number of benzene rings is 13. The molecule has 5 aromatic heterocycles. The molecule has 0 N–H and O–H groups in total. The number of hydrogen-bond acceptors (Lipinski definition) is 2. The second kappa shape index (κ2) is 22.2. The third-order valence-electron chi connectivity index (χ3n) is 19.6. The van der Waals surface area contributed by atoms with Gasteiger partial charge in [0.25, 0.3) is 0 Å². The van der Waals surface area contributed by atoms with Crippen LogP contribution in [-0.4, -0.2) is 23.7 Å². The highest BCUT2D eigenvalue weighted by Gasteiger charge is 2.26. The van der Waals surface area contributed by atoms with Crippen LogP contribution in [0.15, 0.2) is 334 Å². The van der Waals surface area contributed by atoms with Crippen LogP contribution in [0.25, 0.3) is 172 Å². The molecule has 5 heteroatoms. The van der Waals surface area contributed by atoms with E-state index >= 15 is 0 Å². The number of aryl methyl sites for hydroxylation is 2. The van der Waals surface area contributed by atoms with Crippen LogP contribution in [0.4, 0.5) is 0 Å². The molecule has 0 fully saturated rings. The van der Waals surface area contributed by atoms with E-state index in [1.165, 1.54) is 54.5 Å². The molecule has 0 spiro atoms. The fourth-order valence-corrected chi connectivity index (χ4v) is 15.3.